The Kier molecular flexibility index (Phi) is 5.50. The number of aromatic nitrogens is 2. The summed E-state index contributed by atoms with van der Waals surface area (Å²) in [7, 11) is 0. The molecule has 1 fully saturated rings. The Labute approximate surface area is 192 Å². The van der Waals surface area contributed by atoms with Gasteiger partial charge in [-0.25, -0.2) is 4.79 Å². The summed E-state index contributed by atoms with van der Waals surface area (Å²) in [6.45, 7) is 0.645. The van der Waals surface area contributed by atoms with Gasteiger partial charge in [0, 0.05) is 17.8 Å². The van der Waals surface area contributed by atoms with Gasteiger partial charge in [0.25, 0.3) is 0 Å². The van der Waals surface area contributed by atoms with Crippen molar-refractivity contribution in [2.24, 2.45) is 0 Å². The quantitative estimate of drug-likeness (QED) is 0.607. The Bertz CT molecular complexity index is 1270. The monoisotopic (exact) mass is 462 g/mol. The predicted molar refractivity (Wildman–Crippen MR) is 120 cm³/mol. The molecule has 1 aromatic heterocycles. The number of fused-ring (bicyclic) bond motifs is 1. The van der Waals surface area contributed by atoms with Crippen molar-refractivity contribution in [1.29, 1.82) is 5.26 Å². The lowest BCUT2D eigenvalue weighted by Gasteiger charge is -2.23. The van der Waals surface area contributed by atoms with Crippen LogP contribution < -0.4 is 20.1 Å². The average Bonchev–Trinajstić information content (AvgIpc) is 3.58. The van der Waals surface area contributed by atoms with Crippen molar-refractivity contribution >= 4 is 34.1 Å². The van der Waals surface area contributed by atoms with Gasteiger partial charge in [-0.05, 0) is 49.2 Å². The van der Waals surface area contributed by atoms with E-state index in [0.29, 0.717) is 52.3 Å². The predicted octanol–water partition coefficient (Wildman–Crippen LogP) is 3.44. The molecule has 10 nitrogen and oxygen atoms in total. The van der Waals surface area contributed by atoms with E-state index >= 15 is 0 Å². The Morgan fingerprint density at radius 3 is 2.88 bits per heavy atom. The number of likely N-dealkylation sites (tertiary alicyclic amines) is 1. The largest absolute Gasteiger partial charge is 0.454 e. The van der Waals surface area contributed by atoms with Gasteiger partial charge in [0.05, 0.1) is 11.6 Å². The second kappa shape index (κ2) is 8.76. The van der Waals surface area contributed by atoms with Crippen molar-refractivity contribution in [2.75, 3.05) is 24.0 Å². The summed E-state index contributed by atoms with van der Waals surface area (Å²) in [5.41, 5.74) is 1.75. The molecule has 5 rings (SSSR count). The number of hydrogen-bond donors (Lipinski definition) is 2. The molecule has 1 saturated heterocycles. The van der Waals surface area contributed by atoms with Gasteiger partial charge in [0.2, 0.25) is 17.8 Å². The molecule has 1 unspecified atom stereocenters. The van der Waals surface area contributed by atoms with Crippen molar-refractivity contribution in [3.8, 4) is 28.1 Å². The van der Waals surface area contributed by atoms with Crippen LogP contribution in [0.25, 0.3) is 10.6 Å². The van der Waals surface area contributed by atoms with Gasteiger partial charge in [-0.3, -0.25) is 10.1 Å². The number of carbonyl (C=O) groups excluding carboxylic acids is 2. The summed E-state index contributed by atoms with van der Waals surface area (Å²) in [5, 5.41) is 23.8. The molecule has 3 aromatic rings. The van der Waals surface area contributed by atoms with Gasteiger partial charge in [-0.2, -0.15) is 5.26 Å². The van der Waals surface area contributed by atoms with E-state index in [2.05, 4.69) is 20.8 Å². The minimum Gasteiger partial charge on any atom is -0.454 e. The third-order valence-corrected chi connectivity index (χ3v) is 6.22. The summed E-state index contributed by atoms with van der Waals surface area (Å²) in [4.78, 5) is 27.2. The lowest BCUT2D eigenvalue weighted by molar-refractivity contribution is -0.119. The van der Waals surface area contributed by atoms with Gasteiger partial charge in [-0.1, -0.05) is 17.4 Å². The van der Waals surface area contributed by atoms with Crippen LogP contribution in [0.5, 0.6) is 11.5 Å². The number of nitrogens with one attached hydrogen (secondary N) is 2. The third kappa shape index (κ3) is 4.28. The SMILES string of the molecule is N#Cc1cccc(NC(=O)N2CCCC2C(=O)Nc2nnc(-c3ccc4c(c3)OCO4)s2)c1. The Balaban J connectivity index is 1.25. The standard InChI is InChI=1S/C22H18N6O4S/c23-11-13-3-1-4-15(9-13)24-22(30)28-8-2-5-16(28)19(29)25-21-27-26-20(33-21)14-6-7-17-18(10-14)32-12-31-17/h1,3-4,6-7,9-10,16H,2,5,8,12H2,(H,24,30)(H,25,27,29). The van der Waals surface area contributed by atoms with Crippen molar-refractivity contribution in [1.82, 2.24) is 15.1 Å². The van der Waals surface area contributed by atoms with E-state index in [1.807, 2.05) is 18.2 Å². The number of nitriles is 1. The van der Waals surface area contributed by atoms with Gasteiger partial charge in [0.1, 0.15) is 11.0 Å². The van der Waals surface area contributed by atoms with E-state index in [1.165, 1.54) is 16.2 Å². The molecule has 2 N–H and O–H groups in total. The van der Waals surface area contributed by atoms with E-state index in [4.69, 9.17) is 14.7 Å². The van der Waals surface area contributed by atoms with Crippen LogP contribution in [0, 0.1) is 11.3 Å². The molecular formula is C22H18N6O4S. The van der Waals surface area contributed by atoms with Gasteiger partial charge >= 0.3 is 6.03 Å². The number of nitrogens with zero attached hydrogens (tertiary/aromatic N) is 4. The molecule has 2 aromatic carbocycles. The van der Waals surface area contributed by atoms with Crippen LogP contribution in [0.2, 0.25) is 0 Å². The van der Waals surface area contributed by atoms with Crippen LogP contribution in [0.3, 0.4) is 0 Å². The Hall–Kier alpha value is -4.17. The molecule has 33 heavy (non-hydrogen) atoms. The van der Waals surface area contributed by atoms with Crippen molar-refractivity contribution < 1.29 is 19.1 Å². The van der Waals surface area contributed by atoms with Crippen LogP contribution >= 0.6 is 11.3 Å². The van der Waals surface area contributed by atoms with Crippen LogP contribution in [-0.4, -0.2) is 46.4 Å². The van der Waals surface area contributed by atoms with E-state index in [9.17, 15) is 9.59 Å². The summed E-state index contributed by atoms with van der Waals surface area (Å²) < 4.78 is 10.7. The molecule has 0 spiro atoms. The molecule has 2 aliphatic rings. The molecule has 0 bridgehead atoms. The molecule has 1 atom stereocenters. The summed E-state index contributed by atoms with van der Waals surface area (Å²) >= 11 is 1.23. The first-order valence-corrected chi connectivity index (χ1v) is 11.0. The fourth-order valence-electron chi connectivity index (χ4n) is 3.75. The first-order valence-electron chi connectivity index (χ1n) is 10.2. The maximum atomic E-state index is 12.9. The molecule has 166 valence electrons. The molecule has 0 saturated carbocycles. The highest BCUT2D eigenvalue weighted by molar-refractivity contribution is 7.18. The van der Waals surface area contributed by atoms with Crippen molar-refractivity contribution in [2.45, 2.75) is 18.9 Å². The molecular weight excluding hydrogens is 444 g/mol. The van der Waals surface area contributed by atoms with E-state index in [1.54, 1.807) is 30.3 Å². The van der Waals surface area contributed by atoms with E-state index in [-0.39, 0.29) is 18.7 Å². The smallest absolute Gasteiger partial charge is 0.322 e. The topological polar surface area (TPSA) is 129 Å². The van der Waals surface area contributed by atoms with E-state index < -0.39 is 6.04 Å². The average molecular weight is 462 g/mol. The number of rotatable bonds is 4. The lowest BCUT2D eigenvalue weighted by Crippen LogP contribution is -2.45. The Morgan fingerprint density at radius 1 is 1.12 bits per heavy atom. The van der Waals surface area contributed by atoms with E-state index in [0.717, 1.165) is 5.56 Å². The number of ether oxygens (including phenoxy) is 2. The maximum absolute atomic E-state index is 12.9. The highest BCUT2D eigenvalue weighted by Crippen LogP contribution is 2.37. The number of hydrogen-bond acceptors (Lipinski definition) is 8. The minimum atomic E-state index is -0.623. The van der Waals surface area contributed by atoms with Crippen LogP contribution in [0.1, 0.15) is 18.4 Å². The first kappa shape index (κ1) is 20.7. The summed E-state index contributed by atoms with van der Waals surface area (Å²) in [6.07, 6.45) is 1.26. The van der Waals surface area contributed by atoms with Crippen molar-refractivity contribution in [3.63, 3.8) is 0 Å². The van der Waals surface area contributed by atoms with Crippen molar-refractivity contribution in [3.05, 3.63) is 48.0 Å². The normalized spacial score (nSPS) is 16.3. The van der Waals surface area contributed by atoms with Crippen LogP contribution in [0.15, 0.2) is 42.5 Å². The summed E-state index contributed by atoms with van der Waals surface area (Å²) in [6, 6.07) is 13.1. The number of benzene rings is 2. The molecule has 0 radical (unpaired) electrons. The van der Waals surface area contributed by atoms with Gasteiger partial charge in [0.15, 0.2) is 11.5 Å². The fourth-order valence-corrected chi connectivity index (χ4v) is 4.50. The fraction of sp³-hybridized carbons (Fsp3) is 0.227. The molecule has 0 aliphatic carbocycles. The zero-order chi connectivity index (χ0) is 22.8. The third-order valence-electron chi connectivity index (χ3n) is 5.33. The van der Waals surface area contributed by atoms with Gasteiger partial charge in [-0.15, -0.1) is 10.2 Å². The van der Waals surface area contributed by atoms with Crippen LogP contribution in [0.4, 0.5) is 15.6 Å². The lowest BCUT2D eigenvalue weighted by atomic mass is 10.2. The molecule has 2 aliphatic heterocycles. The highest BCUT2D eigenvalue weighted by atomic mass is 32.1. The molecule has 11 heteroatoms. The zero-order valence-electron chi connectivity index (χ0n) is 17.3. The second-order valence-electron chi connectivity index (χ2n) is 7.44. The minimum absolute atomic E-state index is 0.186. The second-order valence-corrected chi connectivity index (χ2v) is 8.42. The molecule has 3 heterocycles. The number of urea groups is 1. The maximum Gasteiger partial charge on any atom is 0.322 e. The Morgan fingerprint density at radius 2 is 2.00 bits per heavy atom. The highest BCUT2D eigenvalue weighted by Gasteiger charge is 2.34. The zero-order valence-corrected chi connectivity index (χ0v) is 18.1. The molecule has 3 amide bonds. The summed E-state index contributed by atoms with van der Waals surface area (Å²) in [5.74, 6) is 0.999. The number of carbonyl (C=O) groups is 2. The number of anilines is 2. The van der Waals surface area contributed by atoms with Gasteiger partial charge < -0.3 is 19.7 Å². The first-order chi connectivity index (χ1) is 16.1. The number of amides is 3. The van der Waals surface area contributed by atoms with Crippen LogP contribution in [-0.2, 0) is 4.79 Å².